The molecule has 0 saturated heterocycles. The summed E-state index contributed by atoms with van der Waals surface area (Å²) in [5.41, 5.74) is 0.814. The summed E-state index contributed by atoms with van der Waals surface area (Å²) in [6.45, 7) is 2.19. The van der Waals surface area contributed by atoms with Crippen LogP contribution in [0.3, 0.4) is 0 Å². The Morgan fingerprint density at radius 1 is 1.38 bits per heavy atom. The quantitative estimate of drug-likeness (QED) is 0.835. The summed E-state index contributed by atoms with van der Waals surface area (Å²) in [7, 11) is 1.97. The van der Waals surface area contributed by atoms with Gasteiger partial charge >= 0.3 is 0 Å². The van der Waals surface area contributed by atoms with Gasteiger partial charge in [0, 0.05) is 11.1 Å². The van der Waals surface area contributed by atoms with Gasteiger partial charge in [0.25, 0.3) is 0 Å². The van der Waals surface area contributed by atoms with Crippen molar-refractivity contribution >= 4 is 11.6 Å². The number of halogens is 2. The molecule has 1 fully saturated rings. The van der Waals surface area contributed by atoms with Gasteiger partial charge in [-0.2, -0.15) is 0 Å². The first-order chi connectivity index (χ1) is 7.63. The van der Waals surface area contributed by atoms with Crippen molar-refractivity contribution in [2.75, 3.05) is 7.05 Å². The maximum atomic E-state index is 13.8. The van der Waals surface area contributed by atoms with Gasteiger partial charge < -0.3 is 5.32 Å². The summed E-state index contributed by atoms with van der Waals surface area (Å²) in [5, 5.41) is 3.77. The zero-order chi connectivity index (χ0) is 11.7. The highest BCUT2D eigenvalue weighted by Gasteiger charge is 2.33. The van der Waals surface area contributed by atoms with E-state index in [0.717, 1.165) is 18.4 Å². The molecule has 0 aromatic heterocycles. The summed E-state index contributed by atoms with van der Waals surface area (Å²) < 4.78 is 13.8. The summed E-state index contributed by atoms with van der Waals surface area (Å²) in [6.07, 6.45) is 2.16. The monoisotopic (exact) mass is 241 g/mol. The van der Waals surface area contributed by atoms with Crippen molar-refractivity contribution in [2.45, 2.75) is 31.7 Å². The second-order valence-electron chi connectivity index (χ2n) is 4.60. The maximum absolute atomic E-state index is 13.8. The lowest BCUT2D eigenvalue weighted by Crippen LogP contribution is -2.28. The van der Waals surface area contributed by atoms with E-state index in [0.29, 0.717) is 22.9 Å². The Labute approximate surface area is 101 Å². The van der Waals surface area contributed by atoms with Gasteiger partial charge in [0.15, 0.2) is 0 Å². The van der Waals surface area contributed by atoms with E-state index in [1.165, 1.54) is 6.07 Å². The summed E-state index contributed by atoms with van der Waals surface area (Å²) in [4.78, 5) is 0. The Morgan fingerprint density at radius 3 is 2.69 bits per heavy atom. The average Bonchev–Trinajstić information content (AvgIpc) is 2.60. The Balaban J connectivity index is 2.25. The lowest BCUT2D eigenvalue weighted by Gasteiger charge is -2.21. The minimum Gasteiger partial charge on any atom is -0.317 e. The van der Waals surface area contributed by atoms with E-state index in [-0.39, 0.29) is 5.82 Å². The van der Waals surface area contributed by atoms with Crippen molar-refractivity contribution in [3.63, 3.8) is 0 Å². The molecule has 3 atom stereocenters. The molecule has 16 heavy (non-hydrogen) atoms. The van der Waals surface area contributed by atoms with Crippen molar-refractivity contribution < 1.29 is 4.39 Å². The largest absolute Gasteiger partial charge is 0.317 e. The zero-order valence-electron chi connectivity index (χ0n) is 9.63. The van der Waals surface area contributed by atoms with E-state index in [9.17, 15) is 4.39 Å². The molecule has 3 unspecified atom stereocenters. The molecule has 2 rings (SSSR count). The number of benzene rings is 1. The first kappa shape index (κ1) is 11.9. The predicted octanol–water partition coefficient (Wildman–Crippen LogP) is 3.58. The molecule has 0 aliphatic heterocycles. The van der Waals surface area contributed by atoms with Gasteiger partial charge in [0.05, 0.1) is 0 Å². The van der Waals surface area contributed by atoms with Gasteiger partial charge in [0.2, 0.25) is 0 Å². The third kappa shape index (κ3) is 2.09. The Bertz CT molecular complexity index is 380. The van der Waals surface area contributed by atoms with Gasteiger partial charge in [-0.25, -0.2) is 4.39 Å². The molecule has 88 valence electrons. The molecule has 1 aromatic rings. The zero-order valence-corrected chi connectivity index (χ0v) is 10.4. The third-order valence-electron chi connectivity index (χ3n) is 3.79. The molecule has 1 aromatic carbocycles. The molecule has 1 N–H and O–H groups in total. The highest BCUT2D eigenvalue weighted by Crippen LogP contribution is 2.40. The molecule has 0 radical (unpaired) electrons. The first-order valence-corrected chi connectivity index (χ1v) is 6.13. The lowest BCUT2D eigenvalue weighted by atomic mass is 9.88. The van der Waals surface area contributed by atoms with Crippen molar-refractivity contribution in [3.05, 3.63) is 34.6 Å². The summed E-state index contributed by atoms with van der Waals surface area (Å²) in [5.74, 6) is 0.622. The normalized spacial score (nSPS) is 29.6. The van der Waals surface area contributed by atoms with Crippen LogP contribution in [0.4, 0.5) is 4.39 Å². The minimum absolute atomic E-state index is 0.166. The second-order valence-corrected chi connectivity index (χ2v) is 5.04. The van der Waals surface area contributed by atoms with Crippen LogP contribution in [-0.2, 0) is 0 Å². The molecule has 1 aliphatic rings. The van der Waals surface area contributed by atoms with Gasteiger partial charge in [-0.1, -0.05) is 24.6 Å². The van der Waals surface area contributed by atoms with Crippen LogP contribution in [0.5, 0.6) is 0 Å². The van der Waals surface area contributed by atoms with E-state index in [1.807, 2.05) is 13.1 Å². The summed E-state index contributed by atoms with van der Waals surface area (Å²) >= 11 is 5.76. The molecular formula is C13H17ClFN. The van der Waals surface area contributed by atoms with E-state index in [4.69, 9.17) is 11.6 Å². The molecule has 0 heterocycles. The average molecular weight is 242 g/mol. The van der Waals surface area contributed by atoms with Crippen molar-refractivity contribution in [3.8, 4) is 0 Å². The Morgan fingerprint density at radius 2 is 2.12 bits per heavy atom. The van der Waals surface area contributed by atoms with Crippen LogP contribution in [0.15, 0.2) is 18.2 Å². The van der Waals surface area contributed by atoms with Crippen LogP contribution in [0.25, 0.3) is 0 Å². The first-order valence-electron chi connectivity index (χ1n) is 5.75. The maximum Gasteiger partial charge on any atom is 0.128 e. The van der Waals surface area contributed by atoms with Crippen LogP contribution < -0.4 is 5.32 Å². The number of hydrogen-bond donors (Lipinski definition) is 1. The minimum atomic E-state index is -0.166. The standard InChI is InChI=1S/C13H17ClFN/c1-8-10(5-6-13(8)16-2)11-4-3-9(14)7-12(11)15/h3-4,7-8,10,13,16H,5-6H2,1-2H3. The van der Waals surface area contributed by atoms with E-state index in [2.05, 4.69) is 12.2 Å². The molecule has 0 bridgehead atoms. The fourth-order valence-corrected chi connectivity index (χ4v) is 2.97. The molecular weight excluding hydrogens is 225 g/mol. The van der Waals surface area contributed by atoms with Gasteiger partial charge in [0.1, 0.15) is 5.82 Å². The molecule has 0 amide bonds. The molecule has 1 aliphatic carbocycles. The third-order valence-corrected chi connectivity index (χ3v) is 4.03. The van der Waals surface area contributed by atoms with E-state index < -0.39 is 0 Å². The highest BCUT2D eigenvalue weighted by atomic mass is 35.5. The Hall–Kier alpha value is -0.600. The van der Waals surface area contributed by atoms with Crippen LogP contribution in [0.2, 0.25) is 5.02 Å². The second kappa shape index (κ2) is 4.72. The highest BCUT2D eigenvalue weighted by molar-refractivity contribution is 6.30. The molecule has 3 heteroatoms. The topological polar surface area (TPSA) is 12.0 Å². The smallest absolute Gasteiger partial charge is 0.128 e. The lowest BCUT2D eigenvalue weighted by molar-refractivity contribution is 0.420. The van der Waals surface area contributed by atoms with E-state index in [1.54, 1.807) is 6.07 Å². The number of hydrogen-bond acceptors (Lipinski definition) is 1. The number of nitrogens with one attached hydrogen (secondary N) is 1. The van der Waals surface area contributed by atoms with Crippen LogP contribution in [0.1, 0.15) is 31.2 Å². The molecule has 1 nitrogen and oxygen atoms in total. The van der Waals surface area contributed by atoms with Crippen molar-refractivity contribution in [1.29, 1.82) is 0 Å². The fourth-order valence-electron chi connectivity index (χ4n) is 2.81. The molecule has 0 spiro atoms. The van der Waals surface area contributed by atoms with E-state index >= 15 is 0 Å². The van der Waals surface area contributed by atoms with Crippen LogP contribution >= 0.6 is 11.6 Å². The van der Waals surface area contributed by atoms with Crippen LogP contribution in [0, 0.1) is 11.7 Å². The van der Waals surface area contributed by atoms with Crippen molar-refractivity contribution in [2.24, 2.45) is 5.92 Å². The van der Waals surface area contributed by atoms with Crippen LogP contribution in [-0.4, -0.2) is 13.1 Å². The van der Waals surface area contributed by atoms with Crippen molar-refractivity contribution in [1.82, 2.24) is 5.32 Å². The SMILES string of the molecule is CNC1CCC(c2ccc(Cl)cc2F)C1C. The summed E-state index contributed by atoms with van der Waals surface area (Å²) in [6, 6.07) is 5.52. The fraction of sp³-hybridized carbons (Fsp3) is 0.538. The predicted molar refractivity (Wildman–Crippen MR) is 65.4 cm³/mol. The van der Waals surface area contributed by atoms with Gasteiger partial charge in [-0.05, 0) is 49.4 Å². The molecule has 1 saturated carbocycles. The van der Waals surface area contributed by atoms with Gasteiger partial charge in [-0.3, -0.25) is 0 Å². The van der Waals surface area contributed by atoms with Gasteiger partial charge in [-0.15, -0.1) is 0 Å². The number of rotatable bonds is 2. The Kier molecular flexibility index (Phi) is 3.50.